The van der Waals surface area contributed by atoms with Crippen LogP contribution in [0.15, 0.2) is 48.0 Å². The number of hydrogen-bond acceptors (Lipinski definition) is 2. The lowest BCUT2D eigenvalue weighted by atomic mass is 10.1. The van der Waals surface area contributed by atoms with Crippen LogP contribution in [0.4, 0.5) is 0 Å². The number of rotatable bonds is 6. The Balaban J connectivity index is 1.60. The number of benzene rings is 1. The van der Waals surface area contributed by atoms with E-state index in [0.717, 1.165) is 25.6 Å². The van der Waals surface area contributed by atoms with Crippen LogP contribution < -0.4 is 5.32 Å². The highest BCUT2D eigenvalue weighted by atomic mass is 32.1. The maximum atomic E-state index is 3.62. The molecule has 0 unspecified atom stereocenters. The molecule has 1 aliphatic rings. The first-order valence-electron chi connectivity index (χ1n) is 7.73. The molecule has 3 heteroatoms. The Morgan fingerprint density at radius 1 is 1.14 bits per heavy atom. The Morgan fingerprint density at radius 3 is 2.86 bits per heavy atom. The Morgan fingerprint density at radius 2 is 2.05 bits per heavy atom. The zero-order valence-corrected chi connectivity index (χ0v) is 12.9. The molecular formula is C18H20N2S. The van der Waals surface area contributed by atoms with E-state index >= 15 is 0 Å². The molecule has 4 rings (SSSR count). The Hall–Kier alpha value is -1.58. The molecule has 0 radical (unpaired) electrons. The summed E-state index contributed by atoms with van der Waals surface area (Å²) in [6.07, 6.45) is 6.19. The van der Waals surface area contributed by atoms with Gasteiger partial charge in [0.15, 0.2) is 0 Å². The minimum Gasteiger partial charge on any atom is -0.342 e. The minimum absolute atomic E-state index is 0.796. The Labute approximate surface area is 129 Å². The average molecular weight is 296 g/mol. The smallest absolute Gasteiger partial charge is 0.0569 e. The summed E-state index contributed by atoms with van der Waals surface area (Å²) in [7, 11) is 0. The van der Waals surface area contributed by atoms with Crippen molar-refractivity contribution in [2.75, 3.05) is 6.54 Å². The monoisotopic (exact) mass is 296 g/mol. The van der Waals surface area contributed by atoms with Crippen LogP contribution in [0.3, 0.4) is 0 Å². The third-order valence-corrected chi connectivity index (χ3v) is 5.04. The van der Waals surface area contributed by atoms with Crippen molar-refractivity contribution in [1.29, 1.82) is 0 Å². The molecular weight excluding hydrogens is 276 g/mol. The van der Waals surface area contributed by atoms with Gasteiger partial charge in [0.25, 0.3) is 0 Å². The summed E-state index contributed by atoms with van der Waals surface area (Å²) in [4.78, 5) is 1.42. The second kappa shape index (κ2) is 5.66. The number of nitrogens with one attached hydrogen (secondary N) is 1. The fraction of sp³-hybridized carbons (Fsp3) is 0.333. The van der Waals surface area contributed by atoms with Gasteiger partial charge in [-0.2, -0.15) is 0 Å². The fourth-order valence-electron chi connectivity index (χ4n) is 2.92. The number of fused-ring (bicyclic) bond motifs is 1. The molecule has 2 nitrogen and oxygen atoms in total. The van der Waals surface area contributed by atoms with Crippen LogP contribution in [-0.4, -0.2) is 17.2 Å². The fourth-order valence-corrected chi connectivity index (χ4v) is 3.62. The van der Waals surface area contributed by atoms with E-state index in [1.807, 2.05) is 11.3 Å². The molecule has 1 aliphatic carbocycles. The molecule has 1 N–H and O–H groups in total. The van der Waals surface area contributed by atoms with E-state index in [9.17, 15) is 0 Å². The summed E-state index contributed by atoms with van der Waals surface area (Å²) in [5.74, 6) is 0. The topological polar surface area (TPSA) is 17.0 Å². The van der Waals surface area contributed by atoms with E-state index in [1.165, 1.54) is 34.2 Å². The van der Waals surface area contributed by atoms with Crippen LogP contribution in [0.2, 0.25) is 0 Å². The standard InChI is InChI=1S/C18H20N2S/c1-2-6-18-17(5-1)14(9-10-19-15-7-8-15)12-20(18)13-16-4-3-11-21-16/h1-6,11-12,15,19H,7-10,13H2. The first-order valence-corrected chi connectivity index (χ1v) is 8.60. The van der Waals surface area contributed by atoms with Crippen molar-refractivity contribution in [3.63, 3.8) is 0 Å². The predicted octanol–water partition coefficient (Wildman–Crippen LogP) is 4.05. The minimum atomic E-state index is 0.796. The lowest BCUT2D eigenvalue weighted by Gasteiger charge is -2.02. The van der Waals surface area contributed by atoms with Crippen LogP contribution in [-0.2, 0) is 13.0 Å². The SMILES string of the molecule is c1csc(Cn2cc(CCNC3CC3)c3ccccc32)c1. The zero-order chi connectivity index (χ0) is 14.1. The van der Waals surface area contributed by atoms with Gasteiger partial charge in [-0.15, -0.1) is 11.3 Å². The molecule has 0 saturated heterocycles. The Kier molecular flexibility index (Phi) is 3.53. The van der Waals surface area contributed by atoms with Crippen molar-refractivity contribution >= 4 is 22.2 Å². The van der Waals surface area contributed by atoms with Gasteiger partial charge in [0.05, 0.1) is 6.54 Å². The second-order valence-electron chi connectivity index (χ2n) is 5.86. The highest BCUT2D eigenvalue weighted by Gasteiger charge is 2.20. The zero-order valence-electron chi connectivity index (χ0n) is 12.1. The van der Waals surface area contributed by atoms with Crippen LogP contribution in [0.5, 0.6) is 0 Å². The summed E-state index contributed by atoms with van der Waals surface area (Å²) < 4.78 is 2.40. The normalized spacial score (nSPS) is 14.9. The number of thiophene rings is 1. The van der Waals surface area contributed by atoms with Gasteiger partial charge in [-0.3, -0.25) is 0 Å². The lowest BCUT2D eigenvalue weighted by molar-refractivity contribution is 0.682. The van der Waals surface area contributed by atoms with Gasteiger partial charge in [-0.1, -0.05) is 24.3 Å². The highest BCUT2D eigenvalue weighted by Crippen LogP contribution is 2.24. The summed E-state index contributed by atoms with van der Waals surface area (Å²) in [5.41, 5.74) is 2.82. The largest absolute Gasteiger partial charge is 0.342 e. The molecule has 0 spiro atoms. The first kappa shape index (κ1) is 13.1. The molecule has 2 heterocycles. The van der Waals surface area contributed by atoms with E-state index in [4.69, 9.17) is 0 Å². The first-order chi connectivity index (χ1) is 10.4. The number of nitrogens with zero attached hydrogens (tertiary/aromatic N) is 1. The van der Waals surface area contributed by atoms with Crippen molar-refractivity contribution < 1.29 is 0 Å². The third kappa shape index (κ3) is 2.89. The van der Waals surface area contributed by atoms with E-state index in [1.54, 1.807) is 0 Å². The highest BCUT2D eigenvalue weighted by molar-refractivity contribution is 7.09. The van der Waals surface area contributed by atoms with Crippen molar-refractivity contribution in [2.45, 2.75) is 31.8 Å². The summed E-state index contributed by atoms with van der Waals surface area (Å²) >= 11 is 1.83. The van der Waals surface area contributed by atoms with E-state index in [2.05, 4.69) is 57.9 Å². The molecule has 108 valence electrons. The van der Waals surface area contributed by atoms with Crippen molar-refractivity contribution in [3.8, 4) is 0 Å². The molecule has 3 aromatic rings. The Bertz CT molecular complexity index is 723. The average Bonchev–Trinajstić information content (AvgIpc) is 3.07. The van der Waals surface area contributed by atoms with Gasteiger partial charge in [0.2, 0.25) is 0 Å². The van der Waals surface area contributed by atoms with Crippen LogP contribution in [0.1, 0.15) is 23.3 Å². The number of para-hydroxylation sites is 1. The maximum absolute atomic E-state index is 3.62. The van der Waals surface area contributed by atoms with Crippen molar-refractivity contribution in [3.05, 3.63) is 58.4 Å². The van der Waals surface area contributed by atoms with E-state index in [-0.39, 0.29) is 0 Å². The van der Waals surface area contributed by atoms with Gasteiger partial charge in [0.1, 0.15) is 0 Å². The molecule has 0 atom stereocenters. The van der Waals surface area contributed by atoms with E-state index in [0.29, 0.717) is 0 Å². The molecule has 1 saturated carbocycles. The van der Waals surface area contributed by atoms with Crippen LogP contribution in [0.25, 0.3) is 10.9 Å². The molecule has 2 aromatic heterocycles. The van der Waals surface area contributed by atoms with Crippen molar-refractivity contribution in [1.82, 2.24) is 9.88 Å². The molecule has 0 bridgehead atoms. The molecule has 1 aromatic carbocycles. The summed E-state index contributed by atoms with van der Waals surface area (Å²) in [6, 6.07) is 13.9. The van der Waals surface area contributed by atoms with E-state index < -0.39 is 0 Å². The molecule has 21 heavy (non-hydrogen) atoms. The lowest BCUT2D eigenvalue weighted by Crippen LogP contribution is -2.19. The van der Waals surface area contributed by atoms with Gasteiger partial charge in [-0.05, 0) is 48.9 Å². The van der Waals surface area contributed by atoms with Crippen LogP contribution >= 0.6 is 11.3 Å². The van der Waals surface area contributed by atoms with Crippen molar-refractivity contribution in [2.24, 2.45) is 0 Å². The second-order valence-corrected chi connectivity index (χ2v) is 6.89. The molecule has 0 amide bonds. The van der Waals surface area contributed by atoms with Crippen LogP contribution in [0, 0.1) is 0 Å². The summed E-state index contributed by atoms with van der Waals surface area (Å²) in [6.45, 7) is 2.08. The van der Waals surface area contributed by atoms with Gasteiger partial charge in [-0.25, -0.2) is 0 Å². The quantitative estimate of drug-likeness (QED) is 0.726. The maximum Gasteiger partial charge on any atom is 0.0569 e. The third-order valence-electron chi connectivity index (χ3n) is 4.18. The summed E-state index contributed by atoms with van der Waals surface area (Å²) in [5, 5.41) is 7.18. The van der Waals surface area contributed by atoms with Gasteiger partial charge < -0.3 is 9.88 Å². The van der Waals surface area contributed by atoms with Gasteiger partial charge in [0, 0.05) is 28.0 Å². The van der Waals surface area contributed by atoms with Gasteiger partial charge >= 0.3 is 0 Å². The molecule has 1 fully saturated rings. The molecule has 0 aliphatic heterocycles. The predicted molar refractivity (Wildman–Crippen MR) is 90.1 cm³/mol. The number of hydrogen-bond donors (Lipinski definition) is 1. The number of aromatic nitrogens is 1.